The molecule has 0 aliphatic carbocycles. The first-order valence-electron chi connectivity index (χ1n) is 9.14. The van der Waals surface area contributed by atoms with E-state index in [1.165, 1.54) is 4.88 Å². The lowest BCUT2D eigenvalue weighted by atomic mass is 10.1. The van der Waals surface area contributed by atoms with E-state index in [4.69, 9.17) is 21.1 Å². The minimum Gasteiger partial charge on any atom is -0.493 e. The van der Waals surface area contributed by atoms with Crippen molar-refractivity contribution in [3.8, 4) is 11.5 Å². The predicted octanol–water partition coefficient (Wildman–Crippen LogP) is 3.49. The van der Waals surface area contributed by atoms with Gasteiger partial charge < -0.3 is 14.6 Å². The van der Waals surface area contributed by atoms with Gasteiger partial charge in [-0.05, 0) is 29.5 Å². The Kier molecular flexibility index (Phi) is 7.38. The van der Waals surface area contributed by atoms with Crippen molar-refractivity contribution in [1.29, 1.82) is 0 Å². The number of hydrogen-bond acceptors (Lipinski definition) is 6. The second kappa shape index (κ2) is 9.75. The van der Waals surface area contributed by atoms with Crippen molar-refractivity contribution in [3.05, 3.63) is 45.1 Å². The van der Waals surface area contributed by atoms with Crippen LogP contribution in [-0.4, -0.2) is 61.4 Å². The van der Waals surface area contributed by atoms with E-state index in [1.54, 1.807) is 25.6 Å². The molecule has 1 aromatic heterocycles. The molecule has 0 amide bonds. The van der Waals surface area contributed by atoms with Gasteiger partial charge in [0.1, 0.15) is 0 Å². The molecule has 1 atom stereocenters. The molecule has 1 N–H and O–H groups in total. The summed E-state index contributed by atoms with van der Waals surface area (Å²) < 4.78 is 10.7. The van der Waals surface area contributed by atoms with E-state index in [-0.39, 0.29) is 6.61 Å². The van der Waals surface area contributed by atoms with Crippen LogP contribution in [0.3, 0.4) is 0 Å². The second-order valence-corrected chi connectivity index (χ2v) is 8.19. The highest BCUT2D eigenvalue weighted by Crippen LogP contribution is 2.34. The molecule has 148 valence electrons. The fourth-order valence-corrected chi connectivity index (χ4v) is 4.54. The summed E-state index contributed by atoms with van der Waals surface area (Å²) in [6.45, 7) is 4.78. The molecule has 1 aromatic carbocycles. The largest absolute Gasteiger partial charge is 0.493 e. The van der Waals surface area contributed by atoms with Crippen LogP contribution in [0.2, 0.25) is 5.02 Å². The predicted molar refractivity (Wildman–Crippen MR) is 110 cm³/mol. The molecule has 1 aliphatic rings. The van der Waals surface area contributed by atoms with Gasteiger partial charge in [0.25, 0.3) is 0 Å². The Morgan fingerprint density at radius 3 is 2.63 bits per heavy atom. The number of halogens is 1. The van der Waals surface area contributed by atoms with Gasteiger partial charge >= 0.3 is 0 Å². The molecule has 5 nitrogen and oxygen atoms in total. The molecule has 0 radical (unpaired) electrons. The van der Waals surface area contributed by atoms with Crippen LogP contribution in [0.4, 0.5) is 0 Å². The van der Waals surface area contributed by atoms with Gasteiger partial charge in [0, 0.05) is 61.3 Å². The Hall–Kier alpha value is -1.31. The summed E-state index contributed by atoms with van der Waals surface area (Å²) in [5.74, 6) is 1.34. The van der Waals surface area contributed by atoms with Crippen molar-refractivity contribution in [2.45, 2.75) is 25.6 Å². The normalized spacial score (nSPS) is 18.6. The van der Waals surface area contributed by atoms with Crippen molar-refractivity contribution < 1.29 is 14.6 Å². The second-order valence-electron chi connectivity index (χ2n) is 6.75. The van der Waals surface area contributed by atoms with E-state index in [0.29, 0.717) is 22.6 Å². The van der Waals surface area contributed by atoms with Crippen LogP contribution in [0, 0.1) is 0 Å². The number of rotatable bonds is 8. The Morgan fingerprint density at radius 1 is 1.19 bits per heavy atom. The topological polar surface area (TPSA) is 45.2 Å². The third-order valence-electron chi connectivity index (χ3n) is 5.04. The Morgan fingerprint density at radius 2 is 1.96 bits per heavy atom. The quantitative estimate of drug-likeness (QED) is 0.721. The molecule has 1 aliphatic heterocycles. The van der Waals surface area contributed by atoms with E-state index in [9.17, 15) is 5.11 Å². The van der Waals surface area contributed by atoms with Crippen LogP contribution in [0.1, 0.15) is 16.9 Å². The van der Waals surface area contributed by atoms with Crippen LogP contribution < -0.4 is 9.47 Å². The van der Waals surface area contributed by atoms with E-state index in [2.05, 4.69) is 27.3 Å². The van der Waals surface area contributed by atoms with Gasteiger partial charge in [-0.1, -0.05) is 17.7 Å². The number of thiophene rings is 1. The fourth-order valence-electron chi connectivity index (χ4n) is 3.59. The highest BCUT2D eigenvalue weighted by atomic mass is 35.5. The van der Waals surface area contributed by atoms with Crippen LogP contribution in [-0.2, 0) is 13.1 Å². The minimum atomic E-state index is 0.205. The molecule has 1 fully saturated rings. The number of aliphatic hydroxyl groups is 1. The minimum absolute atomic E-state index is 0.205. The number of methoxy groups -OCH3 is 2. The molecule has 1 saturated heterocycles. The standard InChI is InChI=1S/C20H27ClN2O3S/c1-25-19-10-15(18(21)11-20(19)26-2)12-22-6-7-23(16(13-22)5-8-24)14-17-4-3-9-27-17/h3-4,9-11,16,24H,5-8,12-14H2,1-2H3. The number of ether oxygens (including phenoxy) is 2. The molecule has 1 unspecified atom stereocenters. The SMILES string of the molecule is COc1cc(Cl)c(CN2CCN(Cc3cccs3)C(CCO)C2)cc1OC. The number of benzene rings is 1. The third kappa shape index (κ3) is 5.15. The molecular weight excluding hydrogens is 384 g/mol. The maximum Gasteiger partial charge on any atom is 0.162 e. The Bertz CT molecular complexity index is 726. The molecule has 7 heteroatoms. The number of nitrogens with zero attached hydrogens (tertiary/aromatic N) is 2. The van der Waals surface area contributed by atoms with E-state index in [0.717, 1.165) is 44.7 Å². The number of piperazine rings is 1. The first kappa shape index (κ1) is 20.4. The van der Waals surface area contributed by atoms with Gasteiger partial charge in [-0.3, -0.25) is 9.80 Å². The maximum absolute atomic E-state index is 9.51. The van der Waals surface area contributed by atoms with Crippen LogP contribution in [0.15, 0.2) is 29.6 Å². The summed E-state index contributed by atoms with van der Waals surface area (Å²) in [4.78, 5) is 6.25. The van der Waals surface area contributed by atoms with E-state index < -0.39 is 0 Å². The third-order valence-corrected chi connectivity index (χ3v) is 6.25. The smallest absolute Gasteiger partial charge is 0.162 e. The van der Waals surface area contributed by atoms with Crippen LogP contribution in [0.25, 0.3) is 0 Å². The molecule has 2 heterocycles. The fraction of sp³-hybridized carbons (Fsp3) is 0.500. The van der Waals surface area contributed by atoms with Gasteiger partial charge in [0.15, 0.2) is 11.5 Å². The highest BCUT2D eigenvalue weighted by Gasteiger charge is 2.27. The summed E-state index contributed by atoms with van der Waals surface area (Å²) >= 11 is 8.25. The van der Waals surface area contributed by atoms with Gasteiger partial charge in [0.2, 0.25) is 0 Å². The zero-order valence-corrected chi connectivity index (χ0v) is 17.4. The average molecular weight is 411 g/mol. The molecule has 3 rings (SSSR count). The number of hydrogen-bond donors (Lipinski definition) is 1. The lowest BCUT2D eigenvalue weighted by Gasteiger charge is -2.41. The first-order valence-corrected chi connectivity index (χ1v) is 10.4. The summed E-state index contributed by atoms with van der Waals surface area (Å²) in [7, 11) is 3.25. The molecule has 0 spiro atoms. The monoisotopic (exact) mass is 410 g/mol. The summed E-state index contributed by atoms with van der Waals surface area (Å²) in [6.07, 6.45) is 0.779. The summed E-state index contributed by atoms with van der Waals surface area (Å²) in [5, 5.41) is 12.3. The first-order chi connectivity index (χ1) is 13.1. The van der Waals surface area contributed by atoms with Crippen molar-refractivity contribution >= 4 is 22.9 Å². The maximum atomic E-state index is 9.51. The van der Waals surface area contributed by atoms with Gasteiger partial charge in [-0.15, -0.1) is 11.3 Å². The molecule has 0 saturated carbocycles. The van der Waals surface area contributed by atoms with Crippen molar-refractivity contribution in [1.82, 2.24) is 9.80 Å². The lowest BCUT2D eigenvalue weighted by Crippen LogP contribution is -2.52. The molecule has 2 aromatic rings. The van der Waals surface area contributed by atoms with Crippen LogP contribution >= 0.6 is 22.9 Å². The van der Waals surface area contributed by atoms with Crippen LogP contribution in [0.5, 0.6) is 11.5 Å². The summed E-state index contributed by atoms with van der Waals surface area (Å²) in [5.41, 5.74) is 1.03. The molecule has 0 bridgehead atoms. The van der Waals surface area contributed by atoms with E-state index in [1.807, 2.05) is 12.1 Å². The zero-order chi connectivity index (χ0) is 19.2. The number of aliphatic hydroxyl groups excluding tert-OH is 1. The molecule has 27 heavy (non-hydrogen) atoms. The van der Waals surface area contributed by atoms with Gasteiger partial charge in [-0.25, -0.2) is 0 Å². The van der Waals surface area contributed by atoms with E-state index >= 15 is 0 Å². The van der Waals surface area contributed by atoms with Crippen molar-refractivity contribution in [3.63, 3.8) is 0 Å². The highest BCUT2D eigenvalue weighted by molar-refractivity contribution is 7.09. The van der Waals surface area contributed by atoms with Crippen molar-refractivity contribution in [2.75, 3.05) is 40.5 Å². The van der Waals surface area contributed by atoms with Gasteiger partial charge in [-0.2, -0.15) is 0 Å². The molecular formula is C20H27ClN2O3S. The van der Waals surface area contributed by atoms with Gasteiger partial charge in [0.05, 0.1) is 14.2 Å². The summed E-state index contributed by atoms with van der Waals surface area (Å²) in [6, 6.07) is 8.38. The zero-order valence-electron chi connectivity index (χ0n) is 15.9. The average Bonchev–Trinajstić information content (AvgIpc) is 3.18. The lowest BCUT2D eigenvalue weighted by molar-refractivity contribution is 0.0506. The van der Waals surface area contributed by atoms with Crippen molar-refractivity contribution in [2.24, 2.45) is 0 Å². The Balaban J connectivity index is 1.68. The Labute approximate surface area is 170 Å².